The molecule has 0 aromatic carbocycles. The van der Waals surface area contributed by atoms with Crippen molar-refractivity contribution in [2.75, 3.05) is 0 Å². The van der Waals surface area contributed by atoms with Crippen molar-refractivity contribution in [3.8, 4) is 0 Å². The molecule has 2 unspecified atom stereocenters. The molecule has 0 aliphatic carbocycles. The zero-order valence-electron chi connectivity index (χ0n) is 8.75. The third kappa shape index (κ3) is 5.69. The van der Waals surface area contributed by atoms with Gasteiger partial charge in [-0.05, 0) is 5.92 Å². The minimum atomic E-state index is -0.913. The molecule has 1 rings (SSSR count). The van der Waals surface area contributed by atoms with Crippen molar-refractivity contribution < 1.29 is 14.7 Å². The summed E-state index contributed by atoms with van der Waals surface area (Å²) in [4.78, 5) is 26.5. The van der Waals surface area contributed by atoms with Crippen molar-refractivity contribution in [1.82, 2.24) is 0 Å². The van der Waals surface area contributed by atoms with Crippen LogP contribution in [-0.2, 0) is 4.79 Å². The third-order valence-electron chi connectivity index (χ3n) is 1.98. The number of carboxylic acids is 1. The summed E-state index contributed by atoms with van der Waals surface area (Å²) < 4.78 is 0. The number of hydrogen-bond acceptors (Lipinski definition) is 3. The molecule has 6 nitrogen and oxygen atoms in total. The fourth-order valence-corrected chi connectivity index (χ4v) is 0.725. The summed E-state index contributed by atoms with van der Waals surface area (Å²) in [5, 5.41) is 8.36. The Bertz CT molecular complexity index is 272. The number of carbonyl (C=O) groups excluding carboxylic acids is 1. The van der Waals surface area contributed by atoms with Gasteiger partial charge in [-0.25, -0.2) is 4.79 Å². The van der Waals surface area contributed by atoms with Crippen LogP contribution >= 0.6 is 0 Å². The molecule has 0 saturated carbocycles. The Morgan fingerprint density at radius 1 is 1.53 bits per heavy atom. The van der Waals surface area contributed by atoms with Gasteiger partial charge in [0.2, 0.25) is 0 Å². The van der Waals surface area contributed by atoms with Crippen LogP contribution < -0.4 is 5.73 Å². The molecule has 2 amide bonds. The van der Waals surface area contributed by atoms with Gasteiger partial charge in [-0.15, -0.1) is 0 Å². The normalized spacial score (nSPS) is 16.9. The molecular weight excluding hydrogens is 198 g/mol. The molecule has 0 spiro atoms. The number of urea groups is 1. The lowest BCUT2D eigenvalue weighted by Crippen LogP contribution is -2.36. The van der Waals surface area contributed by atoms with E-state index in [1.54, 1.807) is 0 Å². The van der Waals surface area contributed by atoms with Crippen LogP contribution in [0.15, 0.2) is 9.98 Å². The van der Waals surface area contributed by atoms with Crippen LogP contribution in [0, 0.1) is 5.92 Å². The van der Waals surface area contributed by atoms with E-state index in [-0.39, 0.29) is 5.92 Å². The number of nitrogens with two attached hydrogens (primary N) is 1. The maximum Gasteiger partial charge on any atom is 0.367 e. The number of amides is 2. The molecule has 0 aromatic heterocycles. The van der Waals surface area contributed by atoms with Gasteiger partial charge >= 0.3 is 12.0 Å². The minimum absolute atomic E-state index is 0.0718. The van der Waals surface area contributed by atoms with Crippen LogP contribution in [0.2, 0.25) is 0 Å². The second kappa shape index (κ2) is 6.83. The Morgan fingerprint density at radius 3 is 2.13 bits per heavy atom. The summed E-state index contributed by atoms with van der Waals surface area (Å²) in [6.07, 6.45) is 3.54. The number of rotatable bonds is 3. The number of nitrogens with zero attached hydrogens (tertiary/aromatic N) is 2. The first-order chi connectivity index (χ1) is 6.99. The second-order valence-corrected chi connectivity index (χ2v) is 3.09. The first-order valence-corrected chi connectivity index (χ1v) is 4.58. The molecular formula is C9H15N3O3. The Morgan fingerprint density at radius 2 is 2.00 bits per heavy atom. The van der Waals surface area contributed by atoms with E-state index in [0.29, 0.717) is 0 Å². The molecule has 1 aliphatic rings. The van der Waals surface area contributed by atoms with Gasteiger partial charge in [0.1, 0.15) is 6.04 Å². The monoisotopic (exact) mass is 213 g/mol. The molecule has 0 radical (unpaired) electrons. The van der Waals surface area contributed by atoms with E-state index in [1.807, 2.05) is 13.8 Å². The SMILES string of the molecule is CCC(C)C(N)C(=O)O.O=C1N=CC=N1. The first-order valence-electron chi connectivity index (χ1n) is 4.58. The Hall–Kier alpha value is -1.56. The quantitative estimate of drug-likeness (QED) is 0.719. The zero-order valence-corrected chi connectivity index (χ0v) is 8.75. The maximum absolute atomic E-state index is 10.2. The smallest absolute Gasteiger partial charge is 0.367 e. The van der Waals surface area contributed by atoms with E-state index in [2.05, 4.69) is 9.98 Å². The molecule has 0 fully saturated rings. The van der Waals surface area contributed by atoms with Crippen LogP contribution in [0.25, 0.3) is 0 Å². The third-order valence-corrected chi connectivity index (χ3v) is 1.98. The molecule has 1 heterocycles. The summed E-state index contributed by atoms with van der Waals surface area (Å²) in [5.74, 6) is -0.841. The molecule has 1 aliphatic heterocycles. The Balaban J connectivity index is 0.000000280. The van der Waals surface area contributed by atoms with Gasteiger partial charge in [0.25, 0.3) is 0 Å². The Kier molecular flexibility index (Phi) is 6.12. The number of carbonyl (C=O) groups is 2. The van der Waals surface area contributed by atoms with Crippen LogP contribution in [0.3, 0.4) is 0 Å². The number of aliphatic imine (C=N–C) groups is 2. The van der Waals surface area contributed by atoms with Crippen molar-refractivity contribution >= 4 is 24.4 Å². The number of hydrogen-bond donors (Lipinski definition) is 2. The topological polar surface area (TPSA) is 105 Å². The molecule has 3 N–H and O–H groups in total. The highest BCUT2D eigenvalue weighted by molar-refractivity contribution is 6.25. The first kappa shape index (κ1) is 13.4. The van der Waals surface area contributed by atoms with E-state index < -0.39 is 18.0 Å². The molecule has 0 bridgehead atoms. The van der Waals surface area contributed by atoms with Crippen LogP contribution in [-0.4, -0.2) is 35.6 Å². The summed E-state index contributed by atoms with van der Waals surface area (Å²) in [7, 11) is 0. The lowest BCUT2D eigenvalue weighted by molar-refractivity contribution is -0.139. The van der Waals surface area contributed by atoms with Gasteiger partial charge in [-0.2, -0.15) is 9.98 Å². The van der Waals surface area contributed by atoms with Crippen molar-refractivity contribution in [1.29, 1.82) is 0 Å². The molecule has 0 aromatic rings. The number of carboxylic acid groups (broad SMARTS) is 1. The van der Waals surface area contributed by atoms with Gasteiger partial charge in [0.15, 0.2) is 0 Å². The summed E-state index contributed by atoms with van der Waals surface area (Å²) in [6.45, 7) is 3.76. The number of aliphatic carboxylic acids is 1. The summed E-state index contributed by atoms with van der Waals surface area (Å²) in [6, 6.07) is -1.11. The van der Waals surface area contributed by atoms with Crippen molar-refractivity contribution in [3.63, 3.8) is 0 Å². The maximum atomic E-state index is 10.2. The molecule has 0 saturated heterocycles. The van der Waals surface area contributed by atoms with Crippen molar-refractivity contribution in [2.45, 2.75) is 26.3 Å². The average molecular weight is 213 g/mol. The molecule has 84 valence electrons. The predicted octanol–water partition coefficient (Wildman–Crippen LogP) is 0.706. The molecule has 2 atom stereocenters. The predicted molar refractivity (Wildman–Crippen MR) is 57.4 cm³/mol. The lowest BCUT2D eigenvalue weighted by atomic mass is 10.0. The standard InChI is InChI=1S/C6H13NO2.C3H2N2O/c1-3-4(2)5(7)6(8)9;6-3-4-1-2-5-3/h4-5H,3,7H2,1-2H3,(H,8,9);1-2H. The van der Waals surface area contributed by atoms with Gasteiger partial charge < -0.3 is 10.8 Å². The van der Waals surface area contributed by atoms with E-state index >= 15 is 0 Å². The van der Waals surface area contributed by atoms with E-state index in [0.717, 1.165) is 6.42 Å². The highest BCUT2D eigenvalue weighted by Gasteiger charge is 2.17. The van der Waals surface area contributed by atoms with E-state index in [4.69, 9.17) is 10.8 Å². The Labute approximate surface area is 87.9 Å². The van der Waals surface area contributed by atoms with Gasteiger partial charge in [-0.1, -0.05) is 20.3 Å². The van der Waals surface area contributed by atoms with Crippen LogP contribution in [0.1, 0.15) is 20.3 Å². The average Bonchev–Trinajstić information content (AvgIpc) is 2.67. The molecule has 6 heteroatoms. The second-order valence-electron chi connectivity index (χ2n) is 3.09. The minimum Gasteiger partial charge on any atom is -0.480 e. The van der Waals surface area contributed by atoms with Gasteiger partial charge in [0, 0.05) is 0 Å². The van der Waals surface area contributed by atoms with Crippen molar-refractivity contribution in [2.24, 2.45) is 21.6 Å². The van der Waals surface area contributed by atoms with E-state index in [9.17, 15) is 9.59 Å². The van der Waals surface area contributed by atoms with Crippen molar-refractivity contribution in [3.05, 3.63) is 0 Å². The van der Waals surface area contributed by atoms with Gasteiger partial charge in [0.05, 0.1) is 12.4 Å². The highest BCUT2D eigenvalue weighted by Crippen LogP contribution is 2.04. The highest BCUT2D eigenvalue weighted by atomic mass is 16.4. The van der Waals surface area contributed by atoms with E-state index in [1.165, 1.54) is 12.4 Å². The van der Waals surface area contributed by atoms with Crippen LogP contribution in [0.5, 0.6) is 0 Å². The fraction of sp³-hybridized carbons (Fsp3) is 0.556. The zero-order chi connectivity index (χ0) is 11.8. The van der Waals surface area contributed by atoms with Crippen LogP contribution in [0.4, 0.5) is 4.79 Å². The molecule has 15 heavy (non-hydrogen) atoms. The van der Waals surface area contributed by atoms with Gasteiger partial charge in [-0.3, -0.25) is 4.79 Å². The summed E-state index contributed by atoms with van der Waals surface area (Å²) in [5.41, 5.74) is 5.27. The fourth-order valence-electron chi connectivity index (χ4n) is 0.725. The largest absolute Gasteiger partial charge is 0.480 e. The summed E-state index contributed by atoms with van der Waals surface area (Å²) >= 11 is 0. The lowest BCUT2D eigenvalue weighted by Gasteiger charge is -2.11.